The number of nitrogen functional groups attached to an aromatic ring is 1. The van der Waals surface area contributed by atoms with Crippen LogP contribution < -0.4 is 11.1 Å². The molecule has 16 heteroatoms. The summed E-state index contributed by atoms with van der Waals surface area (Å²) in [4.78, 5) is 30.9. The van der Waals surface area contributed by atoms with Crippen molar-refractivity contribution in [3.63, 3.8) is 0 Å². The maximum absolute atomic E-state index is 14.2. The molecule has 36 heavy (non-hydrogen) atoms. The lowest BCUT2D eigenvalue weighted by atomic mass is 10.2. The van der Waals surface area contributed by atoms with Gasteiger partial charge in [0.25, 0.3) is 5.91 Å². The Kier molecular flexibility index (Phi) is 6.42. The zero-order chi connectivity index (χ0) is 25.6. The summed E-state index contributed by atoms with van der Waals surface area (Å²) >= 11 is 13.3. The fraction of sp³-hybridized carbons (Fsp3) is 0.100. The van der Waals surface area contributed by atoms with E-state index in [2.05, 4.69) is 30.6 Å². The number of fused-ring (bicyclic) bond motifs is 6. The molecule has 0 bridgehead atoms. The zero-order valence-corrected chi connectivity index (χ0v) is 20.8. The molecule has 1 amide bonds. The summed E-state index contributed by atoms with van der Waals surface area (Å²) in [7, 11) is 0. The average molecular weight is 569 g/mol. The Morgan fingerprint density at radius 2 is 1.75 bits per heavy atom. The zero-order valence-electron chi connectivity index (χ0n) is 17.7. The van der Waals surface area contributed by atoms with Gasteiger partial charge in [0.2, 0.25) is 5.91 Å². The van der Waals surface area contributed by atoms with Gasteiger partial charge in [-0.15, -0.1) is 23.2 Å². The van der Waals surface area contributed by atoms with Gasteiger partial charge < -0.3 is 11.1 Å². The van der Waals surface area contributed by atoms with Crippen LogP contribution in [-0.2, 0) is 4.79 Å². The van der Waals surface area contributed by atoms with Crippen molar-refractivity contribution in [2.24, 2.45) is 0 Å². The molecule has 0 aliphatic heterocycles. The number of amides is 1. The topological polar surface area (TPSA) is 144 Å². The highest BCUT2D eigenvalue weighted by molar-refractivity contribution is 7.23. The second kappa shape index (κ2) is 9.54. The highest BCUT2D eigenvalue weighted by atomic mass is 35.5. The Morgan fingerprint density at radius 1 is 1.03 bits per heavy atom. The quantitative estimate of drug-likeness (QED) is 0.261. The number of benzene rings is 2. The fourth-order valence-electron chi connectivity index (χ4n) is 3.45. The monoisotopic (exact) mass is 568 g/mol. The van der Waals surface area contributed by atoms with E-state index in [0.717, 1.165) is 26.1 Å². The van der Waals surface area contributed by atoms with E-state index in [1.165, 1.54) is 29.7 Å². The highest BCUT2D eigenvalue weighted by Crippen LogP contribution is 2.35. The first-order valence-corrected chi connectivity index (χ1v) is 12.6. The number of carbonyl (C=O) groups is 2. The Bertz CT molecular complexity index is 1790. The van der Waals surface area contributed by atoms with Crippen molar-refractivity contribution in [1.82, 2.24) is 29.9 Å². The van der Waals surface area contributed by atoms with Crippen LogP contribution in [0.2, 0.25) is 0 Å². The van der Waals surface area contributed by atoms with Crippen LogP contribution in [0, 0.1) is 11.6 Å². The van der Waals surface area contributed by atoms with Gasteiger partial charge in [-0.3, -0.25) is 14.7 Å². The number of carbonyl (C=O) groups excluding carboxylic acids is 2. The van der Waals surface area contributed by atoms with Gasteiger partial charge in [-0.25, -0.2) is 18.7 Å². The predicted octanol–water partition coefficient (Wildman–Crippen LogP) is 4.74. The van der Waals surface area contributed by atoms with Gasteiger partial charge in [0.15, 0.2) is 21.9 Å². The molecule has 4 N–H and O–H groups in total. The molecule has 0 atom stereocenters. The Balaban J connectivity index is 0.000000163. The van der Waals surface area contributed by atoms with Gasteiger partial charge in [-0.2, -0.15) is 14.9 Å². The van der Waals surface area contributed by atoms with Crippen molar-refractivity contribution in [3.8, 4) is 0 Å². The first kappa shape index (κ1) is 24.2. The van der Waals surface area contributed by atoms with E-state index in [-0.39, 0.29) is 28.2 Å². The minimum absolute atomic E-state index is 0.0974. The predicted molar refractivity (Wildman–Crippen MR) is 137 cm³/mol. The van der Waals surface area contributed by atoms with Crippen LogP contribution >= 0.6 is 45.9 Å². The molecule has 4 aromatic heterocycles. The van der Waals surface area contributed by atoms with Crippen LogP contribution in [-0.4, -0.2) is 53.5 Å². The number of aromatic nitrogens is 6. The Morgan fingerprint density at radius 3 is 2.50 bits per heavy atom. The molecule has 0 spiro atoms. The van der Waals surface area contributed by atoms with E-state index in [4.69, 9.17) is 28.9 Å². The van der Waals surface area contributed by atoms with Crippen LogP contribution in [0.3, 0.4) is 0 Å². The standard InChI is InChI=1S/C12H7Cl2FN4O2S.C8H5FN4S/c13-2-8(20)17-12-18-10-6(15)1-7-5(11(10)22-12)4-16-19(7)9(21)3-14;9-4-1-5-3(2-11-13-5)7-6(4)12-8(10)14-7/h1,4H,2-3H2,(H,17,18,20);1-2H,(H2,10,12)(H,11,13). The number of H-pyrrole nitrogens is 1. The maximum atomic E-state index is 14.2. The van der Waals surface area contributed by atoms with Gasteiger partial charge in [-0.05, 0) is 0 Å². The van der Waals surface area contributed by atoms with E-state index < -0.39 is 17.6 Å². The number of anilines is 2. The van der Waals surface area contributed by atoms with E-state index in [0.29, 0.717) is 31.8 Å². The van der Waals surface area contributed by atoms with Crippen LogP contribution in [0.5, 0.6) is 0 Å². The second-order valence-corrected chi connectivity index (χ2v) is 9.74. The molecule has 6 rings (SSSR count). The Labute approximate surface area is 217 Å². The third-order valence-corrected chi connectivity index (χ3v) is 7.33. The SMILES string of the molecule is Nc1nc2c(F)cc3[nH]ncc3c2s1.O=C(CCl)Nc1nc2c(F)cc3c(cnn3C(=O)CCl)c2s1. The van der Waals surface area contributed by atoms with Crippen molar-refractivity contribution < 1.29 is 18.4 Å². The first-order chi connectivity index (χ1) is 17.3. The molecular formula is C20H12Cl2F2N8O2S2. The molecule has 6 aromatic rings. The minimum atomic E-state index is -0.616. The average Bonchev–Trinajstić information content (AvgIpc) is 3.63. The van der Waals surface area contributed by atoms with Crippen molar-refractivity contribution in [1.29, 1.82) is 0 Å². The van der Waals surface area contributed by atoms with Gasteiger partial charge in [0, 0.05) is 22.9 Å². The second-order valence-electron chi connectivity index (χ2n) is 7.17. The third kappa shape index (κ3) is 4.21. The molecule has 2 aromatic carbocycles. The van der Waals surface area contributed by atoms with Gasteiger partial charge in [-0.1, -0.05) is 22.7 Å². The number of nitrogens with zero attached hydrogens (tertiary/aromatic N) is 5. The number of nitrogens with one attached hydrogen (secondary N) is 2. The molecule has 0 unspecified atom stereocenters. The Hall–Kier alpha value is -3.46. The lowest BCUT2D eigenvalue weighted by Crippen LogP contribution is -2.13. The summed E-state index contributed by atoms with van der Waals surface area (Å²) in [6, 6.07) is 2.55. The number of aromatic amines is 1. The summed E-state index contributed by atoms with van der Waals surface area (Å²) in [5, 5.41) is 15.0. The minimum Gasteiger partial charge on any atom is -0.375 e. The van der Waals surface area contributed by atoms with Crippen LogP contribution in [0.4, 0.5) is 19.0 Å². The molecule has 0 saturated carbocycles. The molecule has 4 heterocycles. The largest absolute Gasteiger partial charge is 0.375 e. The first-order valence-electron chi connectivity index (χ1n) is 9.90. The van der Waals surface area contributed by atoms with E-state index >= 15 is 0 Å². The smallest absolute Gasteiger partial charge is 0.262 e. The van der Waals surface area contributed by atoms with Crippen molar-refractivity contribution in [2.45, 2.75) is 0 Å². The van der Waals surface area contributed by atoms with Gasteiger partial charge >= 0.3 is 0 Å². The summed E-state index contributed by atoms with van der Waals surface area (Å²) in [6.07, 6.45) is 3.08. The summed E-state index contributed by atoms with van der Waals surface area (Å²) < 4.78 is 29.9. The normalized spacial score (nSPS) is 11.3. The molecule has 0 aliphatic rings. The number of nitrogens with two attached hydrogens (primary N) is 1. The summed E-state index contributed by atoms with van der Waals surface area (Å²) in [5.41, 5.74) is 6.91. The lowest BCUT2D eigenvalue weighted by molar-refractivity contribution is -0.113. The molecule has 10 nitrogen and oxygen atoms in total. The lowest BCUT2D eigenvalue weighted by Gasteiger charge is -1.99. The fourth-order valence-corrected chi connectivity index (χ4v) is 5.49. The van der Waals surface area contributed by atoms with Crippen molar-refractivity contribution in [3.05, 3.63) is 36.2 Å². The molecular weight excluding hydrogens is 557 g/mol. The van der Waals surface area contributed by atoms with Crippen LogP contribution in [0.25, 0.3) is 42.2 Å². The van der Waals surface area contributed by atoms with Gasteiger partial charge in [0.1, 0.15) is 22.8 Å². The summed E-state index contributed by atoms with van der Waals surface area (Å²) in [6.45, 7) is 0. The number of thiazole rings is 2. The molecule has 0 fully saturated rings. The number of rotatable bonds is 3. The summed E-state index contributed by atoms with van der Waals surface area (Å²) in [5.74, 6) is -2.38. The molecule has 0 aliphatic carbocycles. The van der Waals surface area contributed by atoms with Crippen LogP contribution in [0.15, 0.2) is 24.5 Å². The third-order valence-electron chi connectivity index (χ3n) is 4.94. The van der Waals surface area contributed by atoms with E-state index in [9.17, 15) is 18.4 Å². The molecule has 0 radical (unpaired) electrons. The number of hydrogen-bond acceptors (Lipinski definition) is 9. The van der Waals surface area contributed by atoms with Crippen molar-refractivity contribution >= 4 is 110 Å². The van der Waals surface area contributed by atoms with Gasteiger partial charge in [0.05, 0.1) is 32.8 Å². The number of halogens is 4. The van der Waals surface area contributed by atoms with E-state index in [1.807, 2.05) is 0 Å². The molecule has 184 valence electrons. The number of hydrogen-bond donors (Lipinski definition) is 3. The van der Waals surface area contributed by atoms with E-state index in [1.54, 1.807) is 6.20 Å². The number of alkyl halides is 2. The van der Waals surface area contributed by atoms with Crippen molar-refractivity contribution in [2.75, 3.05) is 22.8 Å². The molecule has 0 saturated heterocycles. The maximum Gasteiger partial charge on any atom is 0.262 e. The van der Waals surface area contributed by atoms with Crippen LogP contribution in [0.1, 0.15) is 4.79 Å². The highest BCUT2D eigenvalue weighted by Gasteiger charge is 2.19.